The number of anilines is 1. The molecule has 2 aromatic carbocycles. The Morgan fingerprint density at radius 1 is 1.08 bits per heavy atom. The first-order chi connectivity index (χ1) is 11.1. The molecule has 0 unspecified atom stereocenters. The van der Waals surface area contributed by atoms with Crippen molar-refractivity contribution in [3.05, 3.63) is 64.2 Å². The average molecular weight is 336 g/mol. The van der Waals surface area contributed by atoms with Crippen molar-refractivity contribution < 1.29 is 18.0 Å². The Labute approximate surface area is 138 Å². The van der Waals surface area contributed by atoms with Crippen LogP contribution >= 0.6 is 0 Å². The van der Waals surface area contributed by atoms with E-state index in [1.807, 2.05) is 37.9 Å². The lowest BCUT2D eigenvalue weighted by molar-refractivity contribution is -0.137. The molecule has 0 bridgehead atoms. The van der Waals surface area contributed by atoms with E-state index >= 15 is 0 Å². The molecular formula is C18H19F3N2O. The second-order valence-electron chi connectivity index (χ2n) is 5.87. The number of rotatable bonds is 4. The summed E-state index contributed by atoms with van der Waals surface area (Å²) in [4.78, 5) is 13.4. The summed E-state index contributed by atoms with van der Waals surface area (Å²) in [6.45, 7) is 4.07. The fraction of sp³-hybridized carbons (Fsp3) is 0.278. The minimum Gasteiger partial charge on any atom is -0.370 e. The minimum atomic E-state index is -4.33. The molecule has 0 aromatic heterocycles. The Kier molecular flexibility index (Phi) is 4.87. The number of aryl methyl sites for hydroxylation is 2. The summed E-state index contributed by atoms with van der Waals surface area (Å²) in [6, 6.07) is 8.79. The van der Waals surface area contributed by atoms with E-state index in [9.17, 15) is 18.0 Å². The molecule has 2 N–H and O–H groups in total. The Morgan fingerprint density at radius 2 is 1.58 bits per heavy atom. The molecule has 0 radical (unpaired) electrons. The third-order valence-corrected chi connectivity index (χ3v) is 3.91. The number of hydrogen-bond acceptors (Lipinski definition) is 2. The van der Waals surface area contributed by atoms with Gasteiger partial charge in [0, 0.05) is 24.8 Å². The zero-order valence-corrected chi connectivity index (χ0v) is 13.7. The number of benzene rings is 2. The summed E-state index contributed by atoms with van der Waals surface area (Å²) < 4.78 is 37.8. The molecule has 0 heterocycles. The van der Waals surface area contributed by atoms with Gasteiger partial charge in [-0.05, 0) is 54.8 Å². The van der Waals surface area contributed by atoms with E-state index in [1.54, 1.807) is 0 Å². The molecule has 128 valence electrons. The van der Waals surface area contributed by atoms with Crippen molar-refractivity contribution in [3.8, 4) is 0 Å². The molecular weight excluding hydrogens is 317 g/mol. The third-order valence-electron chi connectivity index (χ3n) is 3.91. The van der Waals surface area contributed by atoms with Gasteiger partial charge in [0.25, 0.3) is 0 Å². The summed E-state index contributed by atoms with van der Waals surface area (Å²) >= 11 is 0. The fourth-order valence-electron chi connectivity index (χ4n) is 2.71. The molecule has 0 spiro atoms. The molecule has 0 saturated carbocycles. The number of alkyl halides is 3. The van der Waals surface area contributed by atoms with Crippen LogP contribution in [0.25, 0.3) is 0 Å². The SMILES string of the molecule is Cc1cc(N(C)Cc2ccc(C(F)(F)F)cc2)cc(C)c1C(N)=O. The van der Waals surface area contributed by atoms with Crippen molar-refractivity contribution in [3.63, 3.8) is 0 Å². The lowest BCUT2D eigenvalue weighted by Gasteiger charge is -2.22. The van der Waals surface area contributed by atoms with Crippen LogP contribution in [0, 0.1) is 13.8 Å². The van der Waals surface area contributed by atoms with Crippen LogP contribution in [-0.4, -0.2) is 13.0 Å². The van der Waals surface area contributed by atoms with Gasteiger partial charge >= 0.3 is 6.18 Å². The topological polar surface area (TPSA) is 46.3 Å². The van der Waals surface area contributed by atoms with Crippen molar-refractivity contribution in [2.45, 2.75) is 26.6 Å². The van der Waals surface area contributed by atoms with Gasteiger partial charge in [0.15, 0.2) is 0 Å². The van der Waals surface area contributed by atoms with Crippen LogP contribution in [-0.2, 0) is 12.7 Å². The van der Waals surface area contributed by atoms with Crippen LogP contribution < -0.4 is 10.6 Å². The van der Waals surface area contributed by atoms with E-state index in [1.165, 1.54) is 12.1 Å². The van der Waals surface area contributed by atoms with Crippen LogP contribution in [0.1, 0.15) is 32.6 Å². The van der Waals surface area contributed by atoms with Crippen molar-refractivity contribution in [1.82, 2.24) is 0 Å². The average Bonchev–Trinajstić information content (AvgIpc) is 2.45. The second kappa shape index (κ2) is 6.55. The number of primary amides is 1. The molecule has 2 rings (SSSR count). The molecule has 2 aromatic rings. The normalized spacial score (nSPS) is 11.4. The highest BCUT2D eigenvalue weighted by Crippen LogP contribution is 2.29. The van der Waals surface area contributed by atoms with Crippen LogP contribution in [0.4, 0.5) is 18.9 Å². The highest BCUT2D eigenvalue weighted by Gasteiger charge is 2.29. The fourth-order valence-corrected chi connectivity index (χ4v) is 2.71. The Hall–Kier alpha value is -2.50. The van der Waals surface area contributed by atoms with Crippen molar-refractivity contribution >= 4 is 11.6 Å². The van der Waals surface area contributed by atoms with Crippen LogP contribution in [0.3, 0.4) is 0 Å². The minimum absolute atomic E-state index is 0.451. The lowest BCUT2D eigenvalue weighted by atomic mass is 10.0. The monoisotopic (exact) mass is 336 g/mol. The first kappa shape index (κ1) is 17.8. The zero-order valence-electron chi connectivity index (χ0n) is 13.7. The van der Waals surface area contributed by atoms with Gasteiger partial charge in [-0.25, -0.2) is 0 Å². The zero-order chi connectivity index (χ0) is 18.1. The number of hydrogen-bond donors (Lipinski definition) is 1. The van der Waals surface area contributed by atoms with Gasteiger partial charge in [-0.1, -0.05) is 12.1 Å². The van der Waals surface area contributed by atoms with Gasteiger partial charge in [-0.2, -0.15) is 13.2 Å². The Morgan fingerprint density at radius 3 is 2.00 bits per heavy atom. The molecule has 24 heavy (non-hydrogen) atoms. The maximum Gasteiger partial charge on any atom is 0.416 e. The Bertz CT molecular complexity index is 729. The van der Waals surface area contributed by atoms with E-state index in [2.05, 4.69) is 0 Å². The number of halogens is 3. The predicted octanol–water partition coefficient (Wildman–Crippen LogP) is 4.06. The highest BCUT2D eigenvalue weighted by molar-refractivity contribution is 5.96. The molecule has 0 aliphatic carbocycles. The van der Waals surface area contributed by atoms with Crippen LogP contribution in [0.2, 0.25) is 0 Å². The second-order valence-corrected chi connectivity index (χ2v) is 5.87. The predicted molar refractivity (Wildman–Crippen MR) is 88.0 cm³/mol. The van der Waals surface area contributed by atoms with E-state index in [-0.39, 0.29) is 0 Å². The maximum absolute atomic E-state index is 12.6. The molecule has 0 aliphatic heterocycles. The quantitative estimate of drug-likeness (QED) is 0.915. The van der Waals surface area contributed by atoms with Gasteiger partial charge in [0.05, 0.1) is 5.56 Å². The largest absolute Gasteiger partial charge is 0.416 e. The summed E-state index contributed by atoms with van der Waals surface area (Å²) in [5.74, 6) is -0.470. The first-order valence-corrected chi connectivity index (χ1v) is 7.38. The number of carbonyl (C=O) groups excluding carboxylic acids is 1. The van der Waals surface area contributed by atoms with Gasteiger partial charge in [-0.3, -0.25) is 4.79 Å². The van der Waals surface area contributed by atoms with Gasteiger partial charge in [-0.15, -0.1) is 0 Å². The van der Waals surface area contributed by atoms with Gasteiger partial charge < -0.3 is 10.6 Å². The van der Waals surface area contributed by atoms with E-state index in [0.29, 0.717) is 12.1 Å². The maximum atomic E-state index is 12.6. The Balaban J connectivity index is 2.21. The molecule has 0 atom stereocenters. The van der Waals surface area contributed by atoms with Crippen molar-refractivity contribution in [2.75, 3.05) is 11.9 Å². The van der Waals surface area contributed by atoms with Crippen LogP contribution in [0.5, 0.6) is 0 Å². The molecule has 0 aliphatic rings. The van der Waals surface area contributed by atoms with E-state index in [0.717, 1.165) is 34.5 Å². The summed E-state index contributed by atoms with van der Waals surface area (Å²) in [5, 5.41) is 0. The molecule has 1 amide bonds. The molecule has 6 heteroatoms. The van der Waals surface area contributed by atoms with Crippen molar-refractivity contribution in [1.29, 1.82) is 0 Å². The number of carbonyl (C=O) groups is 1. The number of nitrogens with two attached hydrogens (primary N) is 1. The van der Waals surface area contributed by atoms with Gasteiger partial charge in [0.2, 0.25) is 5.91 Å². The molecule has 0 fully saturated rings. The smallest absolute Gasteiger partial charge is 0.370 e. The highest BCUT2D eigenvalue weighted by atomic mass is 19.4. The first-order valence-electron chi connectivity index (χ1n) is 7.38. The summed E-state index contributed by atoms with van der Waals surface area (Å²) in [5.41, 5.74) is 8.39. The van der Waals surface area contributed by atoms with Crippen molar-refractivity contribution in [2.24, 2.45) is 5.73 Å². The van der Waals surface area contributed by atoms with E-state index < -0.39 is 17.6 Å². The summed E-state index contributed by atoms with van der Waals surface area (Å²) in [6.07, 6.45) is -4.33. The molecule has 0 saturated heterocycles. The standard InChI is InChI=1S/C18H19F3N2O/c1-11-8-15(9-12(2)16(11)17(22)24)23(3)10-13-4-6-14(7-5-13)18(19,20)21/h4-9H,10H2,1-3H3,(H2,22,24). The third kappa shape index (κ3) is 3.88. The van der Waals surface area contributed by atoms with E-state index in [4.69, 9.17) is 5.73 Å². The lowest BCUT2D eigenvalue weighted by Crippen LogP contribution is -2.19. The molecule has 3 nitrogen and oxygen atoms in total. The number of nitrogens with zero attached hydrogens (tertiary/aromatic N) is 1. The van der Waals surface area contributed by atoms with Gasteiger partial charge in [0.1, 0.15) is 0 Å². The van der Waals surface area contributed by atoms with Crippen LogP contribution in [0.15, 0.2) is 36.4 Å². The summed E-state index contributed by atoms with van der Waals surface area (Å²) in [7, 11) is 1.84. The number of amides is 1.